The van der Waals surface area contributed by atoms with Gasteiger partial charge in [-0.05, 0) is 30.7 Å². The third-order valence-electron chi connectivity index (χ3n) is 3.85. The number of rotatable bonds is 6. The van der Waals surface area contributed by atoms with Crippen molar-refractivity contribution in [3.05, 3.63) is 5.89 Å². The molecule has 1 unspecified atom stereocenters. The minimum absolute atomic E-state index is 0.310. The molecular formula is C14H26N4O. The molecule has 108 valence electrons. The van der Waals surface area contributed by atoms with E-state index < -0.39 is 0 Å². The van der Waals surface area contributed by atoms with E-state index in [1.54, 1.807) is 0 Å². The summed E-state index contributed by atoms with van der Waals surface area (Å²) < 4.78 is 5.62. The Morgan fingerprint density at radius 1 is 1.37 bits per heavy atom. The van der Waals surface area contributed by atoms with E-state index in [-0.39, 0.29) is 0 Å². The number of anilines is 1. The van der Waals surface area contributed by atoms with Gasteiger partial charge in [0.05, 0.1) is 6.54 Å². The highest BCUT2D eigenvalue weighted by atomic mass is 16.4. The Morgan fingerprint density at radius 3 is 2.79 bits per heavy atom. The lowest BCUT2D eigenvalue weighted by Crippen LogP contribution is -2.30. The Kier molecular flexibility index (Phi) is 4.45. The second kappa shape index (κ2) is 5.90. The van der Waals surface area contributed by atoms with Gasteiger partial charge in [-0.1, -0.05) is 39.2 Å². The molecule has 0 spiro atoms. The van der Waals surface area contributed by atoms with Gasteiger partial charge in [0.2, 0.25) is 5.89 Å². The molecule has 19 heavy (non-hydrogen) atoms. The van der Waals surface area contributed by atoms with Crippen molar-refractivity contribution in [2.24, 2.45) is 11.3 Å². The molecule has 1 fully saturated rings. The molecular weight excluding hydrogens is 240 g/mol. The Balaban J connectivity index is 1.84. The summed E-state index contributed by atoms with van der Waals surface area (Å²) in [7, 11) is 0. The van der Waals surface area contributed by atoms with Gasteiger partial charge in [0.25, 0.3) is 0 Å². The van der Waals surface area contributed by atoms with Gasteiger partial charge < -0.3 is 15.1 Å². The van der Waals surface area contributed by atoms with Crippen LogP contribution >= 0.6 is 0 Å². The minimum atomic E-state index is 0.310. The van der Waals surface area contributed by atoms with Crippen molar-refractivity contribution in [1.82, 2.24) is 15.5 Å². The first-order valence-electron chi connectivity index (χ1n) is 7.27. The van der Waals surface area contributed by atoms with E-state index in [0.29, 0.717) is 35.8 Å². The molecule has 1 aliphatic carbocycles. The molecule has 1 heterocycles. The van der Waals surface area contributed by atoms with Gasteiger partial charge in [0, 0.05) is 6.04 Å². The van der Waals surface area contributed by atoms with Crippen LogP contribution in [0.3, 0.4) is 0 Å². The van der Waals surface area contributed by atoms with Crippen molar-refractivity contribution in [2.45, 2.75) is 59.5 Å². The summed E-state index contributed by atoms with van der Waals surface area (Å²) >= 11 is 0. The number of aromatic nitrogens is 2. The second-order valence-corrected chi connectivity index (χ2v) is 6.60. The monoisotopic (exact) mass is 266 g/mol. The Morgan fingerprint density at radius 2 is 2.16 bits per heavy atom. The zero-order valence-electron chi connectivity index (χ0n) is 12.5. The van der Waals surface area contributed by atoms with Crippen molar-refractivity contribution in [3.8, 4) is 0 Å². The molecule has 0 radical (unpaired) electrons. The summed E-state index contributed by atoms with van der Waals surface area (Å²) in [5.74, 6) is 1.28. The molecule has 0 bridgehead atoms. The quantitative estimate of drug-likeness (QED) is 0.829. The molecule has 0 amide bonds. The third-order valence-corrected chi connectivity index (χ3v) is 3.85. The standard InChI is InChI=1S/C14H26N4O/c1-10(2)8-15-9-12-17-18-13(19-12)16-11-6-5-7-14(11,3)4/h10-11,15H,5-9H2,1-4H3,(H,16,18). The van der Waals surface area contributed by atoms with Crippen molar-refractivity contribution >= 4 is 6.01 Å². The predicted molar refractivity (Wildman–Crippen MR) is 75.9 cm³/mol. The molecule has 1 aliphatic rings. The van der Waals surface area contributed by atoms with Gasteiger partial charge in [-0.15, -0.1) is 5.10 Å². The number of nitrogens with zero attached hydrogens (tertiary/aromatic N) is 2. The topological polar surface area (TPSA) is 63.0 Å². The van der Waals surface area contributed by atoms with Crippen molar-refractivity contribution in [2.75, 3.05) is 11.9 Å². The van der Waals surface area contributed by atoms with Gasteiger partial charge in [0.15, 0.2) is 0 Å². The molecule has 1 aromatic heterocycles. The maximum atomic E-state index is 5.62. The van der Waals surface area contributed by atoms with Crippen molar-refractivity contribution < 1.29 is 4.42 Å². The normalized spacial score (nSPS) is 22.1. The Bertz CT molecular complexity index is 400. The van der Waals surface area contributed by atoms with Crippen molar-refractivity contribution in [3.63, 3.8) is 0 Å². The van der Waals surface area contributed by atoms with Crippen LogP contribution in [0.2, 0.25) is 0 Å². The van der Waals surface area contributed by atoms with Crippen LogP contribution in [0.1, 0.15) is 52.8 Å². The molecule has 5 heteroatoms. The van der Waals surface area contributed by atoms with Crippen LogP contribution in [0, 0.1) is 11.3 Å². The minimum Gasteiger partial charge on any atom is -0.407 e. The highest BCUT2D eigenvalue weighted by Crippen LogP contribution is 2.38. The second-order valence-electron chi connectivity index (χ2n) is 6.60. The summed E-state index contributed by atoms with van der Waals surface area (Å²) in [6.07, 6.45) is 3.69. The highest BCUT2D eigenvalue weighted by Gasteiger charge is 2.35. The summed E-state index contributed by atoms with van der Waals surface area (Å²) in [5, 5.41) is 14.8. The average Bonchev–Trinajstić information content (AvgIpc) is 2.87. The SMILES string of the molecule is CC(C)CNCc1nnc(NC2CCCC2(C)C)o1. The first-order valence-corrected chi connectivity index (χ1v) is 7.27. The van der Waals surface area contributed by atoms with Crippen LogP contribution < -0.4 is 10.6 Å². The van der Waals surface area contributed by atoms with Gasteiger partial charge in [-0.25, -0.2) is 0 Å². The number of hydrogen-bond acceptors (Lipinski definition) is 5. The smallest absolute Gasteiger partial charge is 0.315 e. The first kappa shape index (κ1) is 14.3. The van der Waals surface area contributed by atoms with E-state index in [2.05, 4.69) is 48.5 Å². The summed E-state index contributed by atoms with van der Waals surface area (Å²) in [4.78, 5) is 0. The fraction of sp³-hybridized carbons (Fsp3) is 0.857. The fourth-order valence-corrected chi connectivity index (χ4v) is 2.59. The van der Waals surface area contributed by atoms with Crippen LogP contribution in [0.25, 0.3) is 0 Å². The summed E-state index contributed by atoms with van der Waals surface area (Å²) in [6, 6.07) is 0.991. The average molecular weight is 266 g/mol. The molecule has 1 aromatic rings. The Labute approximate surface area is 115 Å². The van der Waals surface area contributed by atoms with E-state index >= 15 is 0 Å². The van der Waals surface area contributed by atoms with Gasteiger partial charge in [-0.3, -0.25) is 0 Å². The molecule has 0 aliphatic heterocycles. The molecule has 2 N–H and O–H groups in total. The van der Waals surface area contributed by atoms with Crippen LogP contribution in [0.4, 0.5) is 6.01 Å². The lowest BCUT2D eigenvalue weighted by Gasteiger charge is -2.26. The lowest BCUT2D eigenvalue weighted by atomic mass is 9.87. The van der Waals surface area contributed by atoms with E-state index in [4.69, 9.17) is 4.42 Å². The number of nitrogens with one attached hydrogen (secondary N) is 2. The maximum Gasteiger partial charge on any atom is 0.315 e. The predicted octanol–water partition coefficient (Wildman–Crippen LogP) is 2.81. The lowest BCUT2D eigenvalue weighted by molar-refractivity contribution is 0.342. The molecule has 1 atom stereocenters. The van der Waals surface area contributed by atoms with E-state index in [0.717, 1.165) is 6.54 Å². The molecule has 1 saturated carbocycles. The van der Waals surface area contributed by atoms with Gasteiger partial charge >= 0.3 is 6.01 Å². The van der Waals surface area contributed by atoms with Crippen LogP contribution in [-0.2, 0) is 6.54 Å². The fourth-order valence-electron chi connectivity index (χ4n) is 2.59. The highest BCUT2D eigenvalue weighted by molar-refractivity contribution is 5.22. The number of hydrogen-bond donors (Lipinski definition) is 2. The van der Waals surface area contributed by atoms with Crippen LogP contribution in [0.15, 0.2) is 4.42 Å². The summed E-state index contributed by atoms with van der Waals surface area (Å²) in [6.45, 7) is 10.5. The molecule has 5 nitrogen and oxygen atoms in total. The largest absolute Gasteiger partial charge is 0.407 e. The molecule has 0 aromatic carbocycles. The van der Waals surface area contributed by atoms with E-state index in [1.807, 2.05) is 0 Å². The van der Waals surface area contributed by atoms with Crippen LogP contribution in [-0.4, -0.2) is 22.8 Å². The Hall–Kier alpha value is -1.10. The zero-order valence-corrected chi connectivity index (χ0v) is 12.5. The zero-order chi connectivity index (χ0) is 13.9. The third kappa shape index (κ3) is 3.93. The van der Waals surface area contributed by atoms with E-state index in [9.17, 15) is 0 Å². The van der Waals surface area contributed by atoms with Crippen molar-refractivity contribution in [1.29, 1.82) is 0 Å². The first-order chi connectivity index (χ1) is 8.97. The maximum absolute atomic E-state index is 5.62. The molecule has 0 saturated heterocycles. The van der Waals surface area contributed by atoms with Gasteiger partial charge in [-0.2, -0.15) is 0 Å². The van der Waals surface area contributed by atoms with E-state index in [1.165, 1.54) is 19.3 Å². The van der Waals surface area contributed by atoms with Crippen LogP contribution in [0.5, 0.6) is 0 Å². The van der Waals surface area contributed by atoms with Gasteiger partial charge in [0.1, 0.15) is 0 Å². The molecule has 2 rings (SSSR count). The summed E-state index contributed by atoms with van der Waals surface area (Å²) in [5.41, 5.74) is 0.310.